The van der Waals surface area contributed by atoms with E-state index >= 15 is 0 Å². The van der Waals surface area contributed by atoms with E-state index in [0.717, 1.165) is 12.4 Å². The topological polar surface area (TPSA) is 38.1 Å². The normalized spacial score (nSPS) is 27.9. The average molecular weight is 192 g/mol. The lowest BCUT2D eigenvalue weighted by molar-refractivity contribution is 0.409. The molecule has 1 saturated carbocycles. The van der Waals surface area contributed by atoms with Gasteiger partial charge in [-0.05, 0) is 32.2 Å². The molecule has 0 amide bonds. The Morgan fingerprint density at radius 2 is 2.21 bits per heavy atom. The summed E-state index contributed by atoms with van der Waals surface area (Å²) in [4.78, 5) is 4.59. The van der Waals surface area contributed by atoms with Gasteiger partial charge in [-0.3, -0.25) is 0 Å². The van der Waals surface area contributed by atoms with Gasteiger partial charge in [-0.25, -0.2) is 4.98 Å². The van der Waals surface area contributed by atoms with Gasteiger partial charge in [0.1, 0.15) is 6.26 Å². The molecule has 2 heterocycles. The molecular weight excluding hydrogens is 176 g/mol. The van der Waals surface area contributed by atoms with Gasteiger partial charge in [0.2, 0.25) is 5.89 Å². The molecule has 2 aliphatic rings. The van der Waals surface area contributed by atoms with Gasteiger partial charge in [-0.1, -0.05) is 6.42 Å². The fourth-order valence-electron chi connectivity index (χ4n) is 2.25. The van der Waals surface area contributed by atoms with Crippen LogP contribution in [0.2, 0.25) is 0 Å². The summed E-state index contributed by atoms with van der Waals surface area (Å²) in [6.07, 6.45) is 8.22. The lowest BCUT2D eigenvalue weighted by Crippen LogP contribution is -2.14. The number of rotatable bonds is 2. The Bertz CT molecular complexity index is 311. The summed E-state index contributed by atoms with van der Waals surface area (Å²) >= 11 is 0. The molecule has 0 radical (unpaired) electrons. The largest absolute Gasteiger partial charge is 0.447 e. The summed E-state index contributed by atoms with van der Waals surface area (Å²) in [5.74, 6) is 1.60. The Labute approximate surface area is 83.9 Å². The molecule has 1 aromatic heterocycles. The van der Waals surface area contributed by atoms with Crippen LogP contribution in [0.25, 0.3) is 0 Å². The Morgan fingerprint density at radius 1 is 1.29 bits per heavy atom. The first-order valence-corrected chi connectivity index (χ1v) is 5.62. The minimum Gasteiger partial charge on any atom is -0.447 e. The second kappa shape index (κ2) is 3.39. The fraction of sp³-hybridized carbons (Fsp3) is 0.727. The van der Waals surface area contributed by atoms with Gasteiger partial charge in [-0.2, -0.15) is 0 Å². The maximum Gasteiger partial charge on any atom is 0.211 e. The molecule has 3 heteroatoms. The number of hydrogen-bond acceptors (Lipinski definition) is 3. The smallest absolute Gasteiger partial charge is 0.211 e. The highest BCUT2D eigenvalue weighted by Crippen LogP contribution is 2.36. The van der Waals surface area contributed by atoms with E-state index in [4.69, 9.17) is 4.42 Å². The number of oxazole rings is 1. The Kier molecular flexibility index (Phi) is 2.05. The van der Waals surface area contributed by atoms with Crippen molar-refractivity contribution < 1.29 is 4.42 Å². The fourth-order valence-corrected chi connectivity index (χ4v) is 2.25. The van der Waals surface area contributed by atoms with Gasteiger partial charge in [0.15, 0.2) is 0 Å². The molecule has 76 valence electrons. The molecule has 1 aliphatic heterocycles. The number of aromatic nitrogens is 1. The zero-order valence-electron chi connectivity index (χ0n) is 8.33. The number of nitrogens with zero attached hydrogens (tertiary/aromatic N) is 1. The first kappa shape index (κ1) is 8.48. The van der Waals surface area contributed by atoms with Gasteiger partial charge in [0, 0.05) is 5.92 Å². The molecule has 2 fully saturated rings. The van der Waals surface area contributed by atoms with Crippen LogP contribution in [-0.4, -0.2) is 11.5 Å². The van der Waals surface area contributed by atoms with Crippen molar-refractivity contribution in [1.29, 1.82) is 0 Å². The third-order valence-corrected chi connectivity index (χ3v) is 3.42. The van der Waals surface area contributed by atoms with Crippen LogP contribution < -0.4 is 5.32 Å². The highest BCUT2D eigenvalue weighted by molar-refractivity contribution is 5.09. The van der Waals surface area contributed by atoms with Crippen molar-refractivity contribution in [2.75, 3.05) is 6.54 Å². The van der Waals surface area contributed by atoms with Crippen LogP contribution in [0.5, 0.6) is 0 Å². The molecule has 3 rings (SSSR count). The minimum absolute atomic E-state index is 0.379. The summed E-state index contributed by atoms with van der Waals surface area (Å²) in [7, 11) is 0. The van der Waals surface area contributed by atoms with Crippen molar-refractivity contribution in [1.82, 2.24) is 10.3 Å². The van der Waals surface area contributed by atoms with Crippen molar-refractivity contribution >= 4 is 0 Å². The third kappa shape index (κ3) is 1.36. The quantitative estimate of drug-likeness (QED) is 0.781. The van der Waals surface area contributed by atoms with E-state index in [2.05, 4.69) is 10.3 Å². The highest BCUT2D eigenvalue weighted by Gasteiger charge is 2.26. The zero-order valence-corrected chi connectivity index (χ0v) is 8.33. The molecule has 0 bridgehead atoms. The van der Waals surface area contributed by atoms with E-state index in [0.29, 0.717) is 12.0 Å². The SMILES string of the molecule is c1oc(C2CCCN2)nc1C1CCC1. The Balaban J connectivity index is 1.75. The van der Waals surface area contributed by atoms with E-state index in [9.17, 15) is 0 Å². The van der Waals surface area contributed by atoms with Gasteiger partial charge < -0.3 is 9.73 Å². The Hall–Kier alpha value is -0.830. The van der Waals surface area contributed by atoms with Crippen LogP contribution in [0.3, 0.4) is 0 Å². The second-order valence-corrected chi connectivity index (χ2v) is 4.39. The predicted octanol–water partition coefficient (Wildman–Crippen LogP) is 2.37. The minimum atomic E-state index is 0.379. The van der Waals surface area contributed by atoms with Crippen molar-refractivity contribution in [3.63, 3.8) is 0 Å². The zero-order chi connectivity index (χ0) is 9.38. The van der Waals surface area contributed by atoms with E-state index in [1.165, 1.54) is 37.8 Å². The monoisotopic (exact) mass is 192 g/mol. The summed E-state index contributed by atoms with van der Waals surface area (Å²) < 4.78 is 5.53. The van der Waals surface area contributed by atoms with Crippen LogP contribution in [-0.2, 0) is 0 Å². The molecule has 1 saturated heterocycles. The summed E-state index contributed by atoms with van der Waals surface area (Å²) in [5.41, 5.74) is 1.18. The van der Waals surface area contributed by atoms with E-state index in [1.807, 2.05) is 6.26 Å². The van der Waals surface area contributed by atoms with E-state index in [1.54, 1.807) is 0 Å². The highest BCUT2D eigenvalue weighted by atomic mass is 16.3. The summed E-state index contributed by atoms with van der Waals surface area (Å²) in [6, 6.07) is 0.379. The average Bonchev–Trinajstić information content (AvgIpc) is 2.65. The predicted molar refractivity (Wildman–Crippen MR) is 53.1 cm³/mol. The third-order valence-electron chi connectivity index (χ3n) is 3.42. The molecule has 1 atom stereocenters. The number of nitrogens with one attached hydrogen (secondary N) is 1. The molecule has 1 aliphatic carbocycles. The van der Waals surface area contributed by atoms with E-state index < -0.39 is 0 Å². The van der Waals surface area contributed by atoms with Gasteiger partial charge in [0.05, 0.1) is 11.7 Å². The molecular formula is C11H16N2O. The van der Waals surface area contributed by atoms with Crippen LogP contribution in [0.15, 0.2) is 10.7 Å². The standard InChI is InChI=1S/C11H16N2O/c1-3-8(4-1)10-7-14-11(13-10)9-5-2-6-12-9/h7-9,12H,1-6H2. The van der Waals surface area contributed by atoms with Gasteiger partial charge in [-0.15, -0.1) is 0 Å². The lowest BCUT2D eigenvalue weighted by atomic mass is 9.83. The van der Waals surface area contributed by atoms with Crippen molar-refractivity contribution in [2.24, 2.45) is 0 Å². The van der Waals surface area contributed by atoms with Gasteiger partial charge >= 0.3 is 0 Å². The van der Waals surface area contributed by atoms with Crippen LogP contribution in [0.4, 0.5) is 0 Å². The molecule has 0 spiro atoms. The molecule has 0 aromatic carbocycles. The Morgan fingerprint density at radius 3 is 2.86 bits per heavy atom. The van der Waals surface area contributed by atoms with Crippen molar-refractivity contribution in [3.8, 4) is 0 Å². The van der Waals surface area contributed by atoms with E-state index in [-0.39, 0.29) is 0 Å². The lowest BCUT2D eigenvalue weighted by Gasteiger charge is -2.22. The number of hydrogen-bond donors (Lipinski definition) is 1. The molecule has 14 heavy (non-hydrogen) atoms. The van der Waals surface area contributed by atoms with Crippen LogP contribution in [0, 0.1) is 0 Å². The maximum atomic E-state index is 5.53. The second-order valence-electron chi connectivity index (χ2n) is 4.39. The maximum absolute atomic E-state index is 5.53. The summed E-state index contributed by atoms with van der Waals surface area (Å²) in [6.45, 7) is 1.10. The molecule has 3 nitrogen and oxygen atoms in total. The molecule has 1 unspecified atom stereocenters. The first-order chi connectivity index (χ1) is 6.93. The summed E-state index contributed by atoms with van der Waals surface area (Å²) in [5, 5.41) is 3.40. The molecule has 1 aromatic rings. The van der Waals surface area contributed by atoms with Crippen molar-refractivity contribution in [2.45, 2.75) is 44.1 Å². The molecule has 1 N–H and O–H groups in total. The van der Waals surface area contributed by atoms with Gasteiger partial charge in [0.25, 0.3) is 0 Å². The van der Waals surface area contributed by atoms with Crippen LogP contribution >= 0.6 is 0 Å². The van der Waals surface area contributed by atoms with Crippen LogP contribution in [0.1, 0.15) is 55.6 Å². The van der Waals surface area contributed by atoms with Crippen molar-refractivity contribution in [3.05, 3.63) is 17.8 Å². The first-order valence-electron chi connectivity index (χ1n) is 5.62.